The van der Waals surface area contributed by atoms with Crippen molar-refractivity contribution in [2.24, 2.45) is 0 Å². The van der Waals surface area contributed by atoms with E-state index < -0.39 is 24.4 Å². The number of hydrazine groups is 1. The Morgan fingerprint density at radius 1 is 0.966 bits per heavy atom. The number of benzene rings is 2. The maximum Gasteiger partial charge on any atom is 0.374 e. The fraction of sp³-hybridized carbons (Fsp3) is 0.0500. The summed E-state index contributed by atoms with van der Waals surface area (Å²) in [5.74, 6) is -1.72. The Labute approximate surface area is 179 Å². The molecule has 3 aromatic rings. The molecule has 0 aliphatic carbocycles. The van der Waals surface area contributed by atoms with Crippen LogP contribution in [0.25, 0.3) is 11.3 Å². The third-order valence-corrected chi connectivity index (χ3v) is 4.56. The third-order valence-electron chi connectivity index (χ3n) is 3.70. The minimum atomic E-state index is -0.822. The van der Waals surface area contributed by atoms with Crippen molar-refractivity contribution in [2.45, 2.75) is 0 Å². The van der Waals surface area contributed by atoms with Gasteiger partial charge in [0.05, 0.1) is 5.02 Å². The highest BCUT2D eigenvalue weighted by atomic mass is 79.9. The molecule has 9 heteroatoms. The van der Waals surface area contributed by atoms with Crippen LogP contribution in [-0.2, 0) is 9.53 Å². The van der Waals surface area contributed by atoms with Gasteiger partial charge in [0.1, 0.15) is 5.76 Å². The lowest BCUT2D eigenvalue weighted by molar-refractivity contribution is -0.125. The minimum absolute atomic E-state index is 0.0772. The number of nitrogens with one attached hydrogen (secondary N) is 2. The zero-order valence-corrected chi connectivity index (χ0v) is 17.1. The van der Waals surface area contributed by atoms with Crippen molar-refractivity contribution in [3.63, 3.8) is 0 Å². The van der Waals surface area contributed by atoms with E-state index in [1.54, 1.807) is 54.6 Å². The van der Waals surface area contributed by atoms with Crippen molar-refractivity contribution < 1.29 is 23.5 Å². The summed E-state index contributed by atoms with van der Waals surface area (Å²) in [7, 11) is 0. The van der Waals surface area contributed by atoms with Crippen LogP contribution in [0.2, 0.25) is 5.02 Å². The molecule has 2 amide bonds. The van der Waals surface area contributed by atoms with Gasteiger partial charge in [-0.25, -0.2) is 4.79 Å². The minimum Gasteiger partial charge on any atom is -0.450 e. The first-order valence-electron chi connectivity index (χ1n) is 8.30. The molecule has 2 N–H and O–H groups in total. The molecule has 0 saturated heterocycles. The van der Waals surface area contributed by atoms with Crippen molar-refractivity contribution in [3.8, 4) is 11.3 Å². The van der Waals surface area contributed by atoms with Gasteiger partial charge in [-0.1, -0.05) is 39.7 Å². The molecule has 0 bridgehead atoms. The van der Waals surface area contributed by atoms with Gasteiger partial charge in [0.15, 0.2) is 6.61 Å². The Balaban J connectivity index is 1.49. The van der Waals surface area contributed by atoms with Gasteiger partial charge in [-0.2, -0.15) is 0 Å². The molecule has 1 heterocycles. The highest BCUT2D eigenvalue weighted by molar-refractivity contribution is 9.10. The Morgan fingerprint density at radius 2 is 1.69 bits per heavy atom. The Kier molecular flexibility index (Phi) is 6.69. The number of amides is 2. The number of halogens is 2. The van der Waals surface area contributed by atoms with Crippen LogP contribution in [0.15, 0.2) is 69.6 Å². The van der Waals surface area contributed by atoms with Crippen molar-refractivity contribution >= 4 is 45.3 Å². The monoisotopic (exact) mass is 476 g/mol. The second-order valence-electron chi connectivity index (χ2n) is 5.73. The predicted octanol–water partition coefficient (Wildman–Crippen LogP) is 3.98. The smallest absolute Gasteiger partial charge is 0.374 e. The Morgan fingerprint density at radius 3 is 2.41 bits per heavy atom. The summed E-state index contributed by atoms with van der Waals surface area (Å²) >= 11 is 9.36. The molecule has 0 radical (unpaired) electrons. The van der Waals surface area contributed by atoms with E-state index in [1.165, 1.54) is 6.07 Å². The SMILES string of the molecule is O=C(COC(=O)c1ccc(-c2ccccc2Cl)o1)NNC(=O)c1ccc(Br)cc1. The van der Waals surface area contributed by atoms with Crippen LogP contribution >= 0.6 is 27.5 Å². The second-order valence-corrected chi connectivity index (χ2v) is 7.05. The number of carbonyl (C=O) groups excluding carboxylic acids is 3. The van der Waals surface area contributed by atoms with Crippen LogP contribution in [0.3, 0.4) is 0 Å². The predicted molar refractivity (Wildman–Crippen MR) is 109 cm³/mol. The van der Waals surface area contributed by atoms with Crippen LogP contribution in [-0.4, -0.2) is 24.4 Å². The quantitative estimate of drug-likeness (QED) is 0.428. The Hall–Kier alpha value is -3.10. The largest absolute Gasteiger partial charge is 0.450 e. The molecule has 29 heavy (non-hydrogen) atoms. The summed E-state index contributed by atoms with van der Waals surface area (Å²) in [5, 5.41) is 0.475. The summed E-state index contributed by atoms with van der Waals surface area (Å²) in [6.07, 6.45) is 0. The fourth-order valence-electron chi connectivity index (χ4n) is 2.29. The van der Waals surface area contributed by atoms with E-state index in [4.69, 9.17) is 20.8 Å². The normalized spacial score (nSPS) is 10.3. The van der Waals surface area contributed by atoms with Gasteiger partial charge in [0.2, 0.25) is 5.76 Å². The fourth-order valence-corrected chi connectivity index (χ4v) is 2.78. The van der Waals surface area contributed by atoms with Crippen molar-refractivity contribution in [1.82, 2.24) is 10.9 Å². The average Bonchev–Trinajstić information content (AvgIpc) is 3.21. The average molecular weight is 478 g/mol. The van der Waals surface area contributed by atoms with E-state index in [9.17, 15) is 14.4 Å². The summed E-state index contributed by atoms with van der Waals surface area (Å²) in [4.78, 5) is 35.7. The molecule has 0 aliphatic rings. The number of furan rings is 1. The van der Waals surface area contributed by atoms with Gasteiger partial charge >= 0.3 is 5.97 Å². The van der Waals surface area contributed by atoms with Gasteiger partial charge < -0.3 is 9.15 Å². The lowest BCUT2D eigenvalue weighted by atomic mass is 10.2. The van der Waals surface area contributed by atoms with Crippen molar-refractivity contribution in [1.29, 1.82) is 0 Å². The first-order valence-corrected chi connectivity index (χ1v) is 9.48. The number of hydrogen-bond acceptors (Lipinski definition) is 5. The van der Waals surface area contributed by atoms with Gasteiger partial charge in [0, 0.05) is 15.6 Å². The van der Waals surface area contributed by atoms with E-state index in [0.717, 1.165) is 4.47 Å². The first kappa shape index (κ1) is 20.6. The van der Waals surface area contributed by atoms with Crippen LogP contribution in [0, 0.1) is 0 Å². The second kappa shape index (κ2) is 9.40. The van der Waals surface area contributed by atoms with E-state index in [2.05, 4.69) is 26.8 Å². The van der Waals surface area contributed by atoms with Gasteiger partial charge in [0.25, 0.3) is 11.8 Å². The lowest BCUT2D eigenvalue weighted by Gasteiger charge is -2.07. The van der Waals surface area contributed by atoms with Crippen molar-refractivity contribution in [3.05, 3.63) is 81.5 Å². The molecule has 1 aromatic heterocycles. The zero-order chi connectivity index (χ0) is 20.8. The maximum absolute atomic E-state index is 12.0. The topological polar surface area (TPSA) is 97.6 Å². The van der Waals surface area contributed by atoms with Crippen molar-refractivity contribution in [2.75, 3.05) is 6.61 Å². The highest BCUT2D eigenvalue weighted by Crippen LogP contribution is 2.29. The first-order chi connectivity index (χ1) is 13.9. The zero-order valence-electron chi connectivity index (χ0n) is 14.8. The molecule has 148 valence electrons. The molecule has 0 saturated carbocycles. The van der Waals surface area contributed by atoms with E-state index in [0.29, 0.717) is 21.9 Å². The standard InChI is InChI=1S/C20H14BrClN2O5/c21-13-7-5-12(6-8-13)19(26)24-23-18(25)11-28-20(27)17-10-9-16(29-17)14-3-1-2-4-15(14)22/h1-10H,11H2,(H,23,25)(H,24,26). The number of esters is 1. The Bertz CT molecular complexity index is 1050. The van der Waals surface area contributed by atoms with Crippen LogP contribution in [0.1, 0.15) is 20.9 Å². The van der Waals surface area contributed by atoms with E-state index in [-0.39, 0.29) is 5.76 Å². The number of ether oxygens (including phenoxy) is 1. The third kappa shape index (κ3) is 5.46. The molecule has 0 fully saturated rings. The van der Waals surface area contributed by atoms with Crippen LogP contribution in [0.5, 0.6) is 0 Å². The summed E-state index contributed by atoms with van der Waals surface area (Å²) < 4.78 is 11.2. The van der Waals surface area contributed by atoms with Gasteiger partial charge in [-0.05, 0) is 48.5 Å². The number of hydrogen-bond donors (Lipinski definition) is 2. The molecule has 0 unspecified atom stereocenters. The molecule has 0 aliphatic heterocycles. The van der Waals surface area contributed by atoms with Crippen LogP contribution in [0.4, 0.5) is 0 Å². The van der Waals surface area contributed by atoms with E-state index >= 15 is 0 Å². The summed E-state index contributed by atoms with van der Waals surface area (Å²) in [5.41, 5.74) is 5.38. The molecular weight excluding hydrogens is 464 g/mol. The molecule has 0 atom stereocenters. The van der Waals surface area contributed by atoms with Gasteiger partial charge in [-0.3, -0.25) is 20.4 Å². The molecule has 3 rings (SSSR count). The summed E-state index contributed by atoms with van der Waals surface area (Å²) in [6.45, 7) is -0.596. The maximum atomic E-state index is 12.0. The number of carbonyl (C=O) groups is 3. The summed E-state index contributed by atoms with van der Waals surface area (Å²) in [6, 6.07) is 16.6. The molecule has 7 nitrogen and oxygen atoms in total. The lowest BCUT2D eigenvalue weighted by Crippen LogP contribution is -2.43. The molecule has 0 spiro atoms. The molecular formula is C20H14BrClN2O5. The van der Waals surface area contributed by atoms with Gasteiger partial charge in [-0.15, -0.1) is 0 Å². The highest BCUT2D eigenvalue weighted by Gasteiger charge is 2.16. The number of rotatable bonds is 5. The molecule has 2 aromatic carbocycles. The van der Waals surface area contributed by atoms with Crippen LogP contribution < -0.4 is 10.9 Å². The van der Waals surface area contributed by atoms with E-state index in [1.807, 2.05) is 0 Å².